The number of rotatable bonds is 4. The minimum atomic E-state index is -1.08. The maximum absolute atomic E-state index is 11.4. The van der Waals surface area contributed by atoms with E-state index in [1.54, 1.807) is 19.9 Å². The van der Waals surface area contributed by atoms with Crippen LogP contribution in [0.1, 0.15) is 0 Å². The summed E-state index contributed by atoms with van der Waals surface area (Å²) < 4.78 is 0. The summed E-state index contributed by atoms with van der Waals surface area (Å²) in [6.07, 6.45) is 0. The van der Waals surface area contributed by atoms with Gasteiger partial charge in [0.05, 0.1) is 0 Å². The van der Waals surface area contributed by atoms with Gasteiger partial charge in [-0.15, -0.1) is 0 Å². The Morgan fingerprint density at radius 1 is 0.359 bits per heavy atom. The van der Waals surface area contributed by atoms with Gasteiger partial charge in [-0.2, -0.15) is 0 Å². The number of hydrogen-bond donors (Lipinski definition) is 12. The standard InChI is InChI=1S/2C8H6N5O6.Cu/c2*14-3-1(4(15)11-7(18)10-3)9-2-5(16)12-8(19)13-6(2)17;/h2*(H3,10,11,14,15,18)(H3,12,13,16,17,19);/q2*-1;+2. The third kappa shape index (κ3) is 6.63. The van der Waals surface area contributed by atoms with Crippen molar-refractivity contribution in [1.29, 1.82) is 0 Å². The van der Waals surface area contributed by atoms with Gasteiger partial charge >= 0.3 is 39.8 Å². The van der Waals surface area contributed by atoms with Gasteiger partial charge < -0.3 is 31.1 Å². The second-order valence-corrected chi connectivity index (χ2v) is 6.65. The predicted octanol–water partition coefficient (Wildman–Crippen LogP) is -3.63. The van der Waals surface area contributed by atoms with E-state index in [-0.39, 0.29) is 17.1 Å². The molecule has 209 valence electrons. The third-order valence-electron chi connectivity index (χ3n) is 4.04. The van der Waals surface area contributed by atoms with Gasteiger partial charge in [-0.1, -0.05) is 0 Å². The van der Waals surface area contributed by atoms with Crippen molar-refractivity contribution in [1.82, 2.24) is 39.9 Å². The summed E-state index contributed by atoms with van der Waals surface area (Å²) >= 11 is 0. The van der Waals surface area contributed by atoms with Crippen molar-refractivity contribution in [2.24, 2.45) is 0 Å². The van der Waals surface area contributed by atoms with Crippen LogP contribution in [0.15, 0.2) is 38.4 Å². The second-order valence-electron chi connectivity index (χ2n) is 6.65. The zero-order chi connectivity index (χ0) is 28.3. The van der Waals surface area contributed by atoms with Crippen molar-refractivity contribution in [3.05, 3.63) is 94.0 Å². The zero-order valence-corrected chi connectivity index (χ0v) is 19.2. The summed E-state index contributed by atoms with van der Waals surface area (Å²) in [6, 6.07) is 0. The number of nitrogens with zero attached hydrogens (tertiary/aromatic N) is 2. The van der Waals surface area contributed by atoms with Gasteiger partial charge in [0.25, 0.3) is 0 Å². The molecule has 0 bridgehead atoms. The fraction of sp³-hybridized carbons (Fsp3) is 0. The molecule has 0 fully saturated rings. The minimum Gasteiger partial charge on any atom is -0.640 e. The Kier molecular flexibility index (Phi) is 8.56. The molecule has 39 heavy (non-hydrogen) atoms. The molecule has 22 nitrogen and oxygen atoms in total. The van der Waals surface area contributed by atoms with Crippen LogP contribution in [-0.2, 0) is 17.1 Å². The van der Waals surface area contributed by atoms with E-state index in [1.807, 2.05) is 19.9 Å². The van der Waals surface area contributed by atoms with Crippen LogP contribution in [0.2, 0.25) is 0 Å². The molecule has 0 saturated heterocycles. The van der Waals surface area contributed by atoms with Gasteiger partial charge in [-0.25, -0.2) is 19.2 Å². The summed E-state index contributed by atoms with van der Waals surface area (Å²) in [5.74, 6) is -3.56. The van der Waals surface area contributed by atoms with E-state index in [9.17, 15) is 58.8 Å². The molecule has 0 amide bonds. The molecular formula is C16H12CuN10O12. The fourth-order valence-electron chi connectivity index (χ4n) is 2.51. The van der Waals surface area contributed by atoms with E-state index in [0.29, 0.717) is 0 Å². The Hall–Kier alpha value is -5.96. The molecule has 4 rings (SSSR count). The van der Waals surface area contributed by atoms with Gasteiger partial charge in [-0.05, 0) is 22.7 Å². The summed E-state index contributed by atoms with van der Waals surface area (Å²) in [5.41, 5.74) is -11.0. The van der Waals surface area contributed by atoms with E-state index in [4.69, 9.17) is 0 Å². The number of aromatic amines is 8. The molecule has 0 aliphatic rings. The molecule has 0 aliphatic carbocycles. The van der Waals surface area contributed by atoms with Crippen molar-refractivity contribution < 1.29 is 37.5 Å². The molecule has 0 aromatic carbocycles. The first-order valence-corrected chi connectivity index (χ1v) is 9.42. The Labute approximate surface area is 218 Å². The van der Waals surface area contributed by atoms with Crippen LogP contribution in [-0.4, -0.2) is 60.3 Å². The number of aromatic nitrogens is 8. The molecule has 4 aromatic heterocycles. The molecule has 4 aromatic rings. The smallest absolute Gasteiger partial charge is 0.640 e. The molecule has 0 aliphatic heterocycles. The Balaban J connectivity index is 0.000000267. The summed E-state index contributed by atoms with van der Waals surface area (Å²) in [5, 5.41) is 44.1. The van der Waals surface area contributed by atoms with E-state index in [1.165, 1.54) is 0 Å². The van der Waals surface area contributed by atoms with Crippen LogP contribution >= 0.6 is 0 Å². The van der Waals surface area contributed by atoms with Crippen LogP contribution in [0.25, 0.3) is 10.6 Å². The fourth-order valence-corrected chi connectivity index (χ4v) is 2.51. The predicted molar refractivity (Wildman–Crippen MR) is 123 cm³/mol. The van der Waals surface area contributed by atoms with Crippen molar-refractivity contribution >= 4 is 22.7 Å². The quantitative estimate of drug-likeness (QED) is 0.101. The van der Waals surface area contributed by atoms with Gasteiger partial charge in [-0.3, -0.25) is 59.0 Å². The maximum Gasteiger partial charge on any atom is 2.00 e. The van der Waals surface area contributed by atoms with Crippen LogP contribution in [0.3, 0.4) is 0 Å². The largest absolute Gasteiger partial charge is 2.00 e. The minimum absolute atomic E-state index is 0. The van der Waals surface area contributed by atoms with E-state index in [2.05, 4.69) is 10.6 Å². The Morgan fingerprint density at radius 3 is 0.692 bits per heavy atom. The van der Waals surface area contributed by atoms with E-state index >= 15 is 0 Å². The Bertz CT molecular complexity index is 1720. The average molecular weight is 600 g/mol. The molecule has 0 unspecified atom stereocenters. The molecule has 1 radical (unpaired) electrons. The van der Waals surface area contributed by atoms with Gasteiger partial charge in [0.2, 0.25) is 22.2 Å². The molecule has 4 heterocycles. The topological polar surface area (TPSA) is 372 Å². The Morgan fingerprint density at radius 2 is 0.538 bits per heavy atom. The summed E-state index contributed by atoms with van der Waals surface area (Å²) in [4.78, 5) is 103. The summed E-state index contributed by atoms with van der Waals surface area (Å²) in [6.45, 7) is 0. The van der Waals surface area contributed by atoms with Crippen LogP contribution in [0.4, 0.5) is 22.7 Å². The van der Waals surface area contributed by atoms with Crippen LogP contribution < -0.4 is 45.0 Å². The van der Waals surface area contributed by atoms with E-state index < -0.39 is 91.3 Å². The van der Waals surface area contributed by atoms with Crippen molar-refractivity contribution in [2.45, 2.75) is 0 Å². The first-order chi connectivity index (χ1) is 17.8. The SMILES string of the molecule is O=c1[nH]c(O)c([N-]c2c(O)[nH]c(=O)[nH]c2=O)c(=O)[nH]1.O=c1[nH]c(O)c([N-]c2c(O)[nH]c(=O)[nH]c2=O)c(=O)[nH]1.[Cu+2]. The molecule has 0 spiro atoms. The maximum atomic E-state index is 11.4. The van der Waals surface area contributed by atoms with Crippen molar-refractivity contribution in [3.8, 4) is 23.5 Å². The first-order valence-electron chi connectivity index (χ1n) is 9.42. The molecule has 0 saturated carbocycles. The van der Waals surface area contributed by atoms with E-state index in [0.717, 1.165) is 0 Å². The monoisotopic (exact) mass is 599 g/mol. The number of hydrogen-bond acceptors (Lipinski definition) is 12. The van der Waals surface area contributed by atoms with Crippen molar-refractivity contribution in [3.63, 3.8) is 0 Å². The first kappa shape index (κ1) is 29.3. The zero-order valence-electron chi connectivity index (χ0n) is 18.3. The van der Waals surface area contributed by atoms with Crippen LogP contribution in [0.5, 0.6) is 23.5 Å². The average Bonchev–Trinajstić information content (AvgIpc) is 2.76. The van der Waals surface area contributed by atoms with Gasteiger partial charge in [0.15, 0.2) is 23.5 Å². The second kappa shape index (κ2) is 11.4. The number of H-pyrrole nitrogens is 8. The molecular weight excluding hydrogens is 588 g/mol. The van der Waals surface area contributed by atoms with Crippen LogP contribution in [0, 0.1) is 0 Å². The van der Waals surface area contributed by atoms with Gasteiger partial charge in [0.1, 0.15) is 0 Å². The van der Waals surface area contributed by atoms with Crippen molar-refractivity contribution in [2.75, 3.05) is 0 Å². The third-order valence-corrected chi connectivity index (χ3v) is 4.04. The summed E-state index contributed by atoms with van der Waals surface area (Å²) in [7, 11) is 0. The van der Waals surface area contributed by atoms with Gasteiger partial charge in [0, 0.05) is 0 Å². The number of nitrogens with one attached hydrogen (secondary N) is 8. The number of aromatic hydroxyl groups is 4. The molecule has 12 N–H and O–H groups in total. The molecule has 0 atom stereocenters. The molecule has 23 heteroatoms. The normalized spacial score (nSPS) is 10.1.